The maximum Gasteiger partial charge on any atom is 0.272 e. The van der Waals surface area contributed by atoms with Gasteiger partial charge in [-0.25, -0.2) is 13.4 Å². The molecule has 0 unspecified atom stereocenters. The van der Waals surface area contributed by atoms with Gasteiger partial charge < -0.3 is 29.7 Å². The van der Waals surface area contributed by atoms with Crippen LogP contribution < -0.4 is 29.6 Å². The van der Waals surface area contributed by atoms with Crippen LogP contribution in [0.25, 0.3) is 10.9 Å². The van der Waals surface area contributed by atoms with Gasteiger partial charge in [0.25, 0.3) is 5.91 Å². The van der Waals surface area contributed by atoms with Crippen LogP contribution >= 0.6 is 0 Å². The Labute approximate surface area is 355 Å². The summed E-state index contributed by atoms with van der Waals surface area (Å²) in [5, 5.41) is 9.65. The fourth-order valence-electron chi connectivity index (χ4n) is 8.37. The molecule has 2 aliphatic carbocycles. The molecule has 0 radical (unpaired) electrons. The van der Waals surface area contributed by atoms with Crippen molar-refractivity contribution in [3.8, 4) is 17.4 Å². The first-order valence-corrected chi connectivity index (χ1v) is 22.6. The van der Waals surface area contributed by atoms with E-state index in [2.05, 4.69) is 20.5 Å². The summed E-state index contributed by atoms with van der Waals surface area (Å²) in [6, 6.07) is 4.66. The van der Waals surface area contributed by atoms with Crippen LogP contribution in [0.2, 0.25) is 0 Å². The molecule has 7 rings (SSSR count). The molecule has 3 fully saturated rings. The Hall–Kier alpha value is -5.52. The number of sulfonamides is 1. The van der Waals surface area contributed by atoms with E-state index in [1.807, 2.05) is 45.1 Å². The second-order valence-corrected chi connectivity index (χ2v) is 18.8. The van der Waals surface area contributed by atoms with E-state index in [1.165, 1.54) is 28.9 Å². The molecule has 3 aromatic rings. The lowest BCUT2D eigenvalue weighted by atomic mass is 9.91. The highest BCUT2D eigenvalue weighted by Crippen LogP contribution is 2.57. The molecule has 4 amide bonds. The van der Waals surface area contributed by atoms with E-state index in [-0.39, 0.29) is 62.4 Å². The predicted octanol–water partition coefficient (Wildman–Crippen LogP) is 3.52. The molecule has 4 aliphatic rings. The van der Waals surface area contributed by atoms with Crippen LogP contribution in [-0.2, 0) is 35.7 Å². The maximum absolute atomic E-state index is 14.9. The van der Waals surface area contributed by atoms with Gasteiger partial charge in [-0.1, -0.05) is 25.0 Å². The number of hydrogen-bond acceptors (Lipinski definition) is 12. The molecular weight excluding hydrogens is 807 g/mol. The van der Waals surface area contributed by atoms with Gasteiger partial charge >= 0.3 is 0 Å². The number of nitrogens with one attached hydrogen (secondary N) is 3. The Bertz CT molecular complexity index is 2340. The summed E-state index contributed by atoms with van der Waals surface area (Å²) >= 11 is 0. The molecule has 328 valence electrons. The Morgan fingerprint density at radius 2 is 1.84 bits per heavy atom. The van der Waals surface area contributed by atoms with Crippen molar-refractivity contribution >= 4 is 50.3 Å². The standard InChI is InChI=1S/C43H55N7O10S/c1-25(2)59-38-20-36(30-15-16-35(58-5)26(3)39(30)46-38)60-28-19-33-34(51)22-43(42(55)48-61(56,57)29-13-14-29)21-27(43)11-9-7-6-8-10-12-32(41(54)50(33)23-28)45-40(53)31-17-18-49(47-31)24-37(52)44-4/h9,11,15-18,20,25,27-29,32-33H,6-8,10,12-14,19,21-24H2,1-5H3,(H,44,52)(H,45,53)(H,48,55)/b11-9-/t27-,28-,32+,33+,43-/m1/s1. The average molecular weight is 862 g/mol. The van der Waals surface area contributed by atoms with Crippen LogP contribution in [0.3, 0.4) is 0 Å². The monoisotopic (exact) mass is 861 g/mol. The van der Waals surface area contributed by atoms with Crippen molar-refractivity contribution in [2.24, 2.45) is 11.3 Å². The van der Waals surface area contributed by atoms with Crippen molar-refractivity contribution in [3.05, 3.63) is 53.9 Å². The number of Topliss-reactive ketones (excluding diaryl/α,β-unsaturated/α-hetero) is 1. The zero-order valence-electron chi connectivity index (χ0n) is 35.3. The van der Waals surface area contributed by atoms with E-state index in [0.717, 1.165) is 18.4 Å². The Kier molecular flexibility index (Phi) is 12.7. The topological polar surface area (TPSA) is 217 Å². The molecule has 2 saturated carbocycles. The lowest BCUT2D eigenvalue weighted by Crippen LogP contribution is -2.52. The molecule has 2 aliphatic heterocycles. The van der Waals surface area contributed by atoms with Crippen molar-refractivity contribution in [3.63, 3.8) is 0 Å². The third-order valence-electron chi connectivity index (χ3n) is 12.0. The average Bonchev–Trinajstić information content (AvgIpc) is 4.10. The Morgan fingerprint density at radius 3 is 2.56 bits per heavy atom. The number of carbonyl (C=O) groups excluding carboxylic acids is 5. The number of aryl methyl sites for hydroxylation is 1. The van der Waals surface area contributed by atoms with Crippen molar-refractivity contribution in [2.45, 2.75) is 121 Å². The van der Waals surface area contributed by atoms with Crippen LogP contribution in [0.1, 0.15) is 94.1 Å². The molecule has 61 heavy (non-hydrogen) atoms. The maximum atomic E-state index is 14.9. The molecule has 2 aromatic heterocycles. The van der Waals surface area contributed by atoms with E-state index in [0.29, 0.717) is 54.0 Å². The second-order valence-electron chi connectivity index (χ2n) is 16.8. The fraction of sp³-hybridized carbons (Fsp3) is 0.558. The van der Waals surface area contributed by atoms with Gasteiger partial charge in [-0.3, -0.25) is 33.4 Å². The number of hydrogen-bond donors (Lipinski definition) is 3. The molecule has 17 nitrogen and oxygen atoms in total. The van der Waals surface area contributed by atoms with E-state index in [4.69, 9.17) is 19.2 Å². The van der Waals surface area contributed by atoms with Gasteiger partial charge in [0, 0.05) is 43.1 Å². The molecule has 4 heterocycles. The second kappa shape index (κ2) is 17.8. The number of fused-ring (bicyclic) bond motifs is 3. The highest BCUT2D eigenvalue weighted by molar-refractivity contribution is 7.90. The zero-order valence-corrected chi connectivity index (χ0v) is 36.1. The lowest BCUT2D eigenvalue weighted by Gasteiger charge is -2.29. The van der Waals surface area contributed by atoms with E-state index in [1.54, 1.807) is 13.2 Å². The van der Waals surface area contributed by atoms with Crippen LogP contribution in [-0.4, -0.2) is 108 Å². The van der Waals surface area contributed by atoms with Crippen molar-refractivity contribution in [2.75, 3.05) is 20.7 Å². The third kappa shape index (κ3) is 9.68. The number of likely N-dealkylation sites (N-methyl/N-ethyl adjacent to an activating group) is 1. The highest BCUT2D eigenvalue weighted by atomic mass is 32.2. The molecule has 1 saturated heterocycles. The third-order valence-corrected chi connectivity index (χ3v) is 13.8. The minimum Gasteiger partial charge on any atom is -0.496 e. The van der Waals surface area contributed by atoms with Crippen molar-refractivity contribution < 1.29 is 46.6 Å². The molecule has 0 bridgehead atoms. The van der Waals surface area contributed by atoms with E-state index >= 15 is 0 Å². The summed E-state index contributed by atoms with van der Waals surface area (Å²) in [6.07, 6.45) is 8.50. The first kappa shape index (κ1) is 43.6. The molecule has 18 heteroatoms. The van der Waals surface area contributed by atoms with Gasteiger partial charge in [0.15, 0.2) is 5.78 Å². The molecule has 0 spiro atoms. The number of pyridine rings is 1. The van der Waals surface area contributed by atoms with Crippen LogP contribution in [0.5, 0.6) is 17.4 Å². The number of ketones is 1. The smallest absolute Gasteiger partial charge is 0.272 e. The highest BCUT2D eigenvalue weighted by Gasteiger charge is 2.61. The largest absolute Gasteiger partial charge is 0.496 e. The molecular formula is C43H55N7O10S. The van der Waals surface area contributed by atoms with E-state index < -0.39 is 62.4 Å². The van der Waals surface area contributed by atoms with Crippen molar-refractivity contribution in [1.29, 1.82) is 0 Å². The first-order valence-electron chi connectivity index (χ1n) is 21.0. The summed E-state index contributed by atoms with van der Waals surface area (Å²) < 4.78 is 47.8. The number of benzene rings is 1. The summed E-state index contributed by atoms with van der Waals surface area (Å²) in [7, 11) is -0.826. The summed E-state index contributed by atoms with van der Waals surface area (Å²) in [5.41, 5.74) is 0.0690. The molecule has 5 atom stereocenters. The Morgan fingerprint density at radius 1 is 1.05 bits per heavy atom. The quantitative estimate of drug-likeness (QED) is 0.223. The molecule has 3 N–H and O–H groups in total. The minimum absolute atomic E-state index is 0.0118. The fourth-order valence-corrected chi connectivity index (χ4v) is 9.76. The number of carbonyl (C=O) groups is 5. The zero-order chi connectivity index (χ0) is 43.6. The number of nitrogens with zero attached hydrogens (tertiary/aromatic N) is 4. The minimum atomic E-state index is -3.89. The number of allylic oxidation sites excluding steroid dienone is 2. The number of ether oxygens (including phenoxy) is 3. The van der Waals surface area contributed by atoms with Gasteiger partial charge in [-0.15, -0.1) is 0 Å². The number of methoxy groups -OCH3 is 1. The predicted molar refractivity (Wildman–Crippen MR) is 223 cm³/mol. The van der Waals surface area contributed by atoms with Crippen LogP contribution in [0.15, 0.2) is 42.6 Å². The SMILES string of the molecule is CNC(=O)Cn1ccc(C(=O)N[C@H]2CCCCC/C=C\[C@@H]3C[C@@]3(C(=O)NS(=O)(=O)C3CC3)CC(=O)[C@@H]3C[C@@H](Oc4cc(OC(C)C)nc5c(C)c(OC)ccc45)CN3C2=O)n1. The normalized spacial score (nSPS) is 25.1. The van der Waals surface area contributed by atoms with E-state index in [9.17, 15) is 32.4 Å². The van der Waals surface area contributed by atoms with Crippen LogP contribution in [0.4, 0.5) is 0 Å². The van der Waals surface area contributed by atoms with Gasteiger partial charge in [-0.05, 0) is 83.4 Å². The van der Waals surface area contributed by atoms with Gasteiger partial charge in [0.1, 0.15) is 35.9 Å². The Balaban J connectivity index is 1.22. The summed E-state index contributed by atoms with van der Waals surface area (Å²) in [6.45, 7) is 5.51. The first-order chi connectivity index (χ1) is 29.1. The summed E-state index contributed by atoms with van der Waals surface area (Å²) in [5.74, 6) is -1.53. The van der Waals surface area contributed by atoms with Crippen LogP contribution in [0, 0.1) is 18.3 Å². The van der Waals surface area contributed by atoms with Crippen molar-refractivity contribution in [1.82, 2.24) is 35.0 Å². The van der Waals surface area contributed by atoms with Gasteiger partial charge in [0.2, 0.25) is 33.6 Å². The molecule has 1 aromatic carbocycles. The van der Waals surface area contributed by atoms with Gasteiger partial charge in [0.05, 0.1) is 42.0 Å². The number of aromatic nitrogens is 3. The van der Waals surface area contributed by atoms with Gasteiger partial charge in [-0.2, -0.15) is 5.10 Å². The number of rotatable bonds is 12. The number of amides is 4. The lowest BCUT2D eigenvalue weighted by molar-refractivity contribution is -0.140. The summed E-state index contributed by atoms with van der Waals surface area (Å²) in [4.78, 5) is 75.3.